The van der Waals surface area contributed by atoms with Crippen LogP contribution >= 0.6 is 11.3 Å². The van der Waals surface area contributed by atoms with Crippen LogP contribution < -0.4 is 0 Å². The summed E-state index contributed by atoms with van der Waals surface area (Å²) in [6.07, 6.45) is 7.06. The van der Waals surface area contributed by atoms with Gasteiger partial charge in [-0.3, -0.25) is 4.68 Å². The molecule has 0 radical (unpaired) electrons. The highest BCUT2D eigenvalue weighted by Crippen LogP contribution is 2.38. The van der Waals surface area contributed by atoms with Crippen LogP contribution in [0.1, 0.15) is 73.1 Å². The van der Waals surface area contributed by atoms with E-state index in [1.807, 2.05) is 35.5 Å². The highest BCUT2D eigenvalue weighted by molar-refractivity contribution is 7.12. The minimum Gasteiger partial charge on any atom is -0.469 e. The average molecular weight is 357 g/mol. The highest BCUT2D eigenvalue weighted by Gasteiger charge is 2.27. The van der Waals surface area contributed by atoms with Crippen molar-refractivity contribution < 1.29 is 4.42 Å². The Morgan fingerprint density at radius 2 is 2.00 bits per heavy atom. The fourth-order valence-corrected chi connectivity index (χ4v) is 4.32. The zero-order valence-electron chi connectivity index (χ0n) is 16.0. The van der Waals surface area contributed by atoms with E-state index in [0.29, 0.717) is 11.8 Å². The van der Waals surface area contributed by atoms with E-state index >= 15 is 0 Å². The summed E-state index contributed by atoms with van der Waals surface area (Å²) in [4.78, 5) is 2.81. The van der Waals surface area contributed by atoms with Crippen LogP contribution in [0.15, 0.2) is 41.3 Å². The topological polar surface area (TPSA) is 31.0 Å². The van der Waals surface area contributed by atoms with E-state index < -0.39 is 0 Å². The number of rotatable bonds is 6. The molecular weight excluding hydrogens is 328 g/mol. The third kappa shape index (κ3) is 3.74. The summed E-state index contributed by atoms with van der Waals surface area (Å²) < 4.78 is 7.64. The maximum Gasteiger partial charge on any atom is 0.106 e. The molecule has 3 heterocycles. The fourth-order valence-electron chi connectivity index (χ4n) is 3.06. The Kier molecular flexibility index (Phi) is 4.92. The molecule has 3 rings (SSSR count). The van der Waals surface area contributed by atoms with Crippen LogP contribution in [-0.2, 0) is 18.9 Å². The van der Waals surface area contributed by atoms with E-state index in [-0.39, 0.29) is 5.41 Å². The lowest BCUT2D eigenvalue weighted by Gasteiger charge is -2.21. The third-order valence-electron chi connectivity index (χ3n) is 4.99. The van der Waals surface area contributed by atoms with Gasteiger partial charge >= 0.3 is 0 Å². The van der Waals surface area contributed by atoms with Crippen molar-refractivity contribution in [1.82, 2.24) is 9.78 Å². The van der Waals surface area contributed by atoms with E-state index in [4.69, 9.17) is 4.42 Å². The molecule has 0 amide bonds. The minimum atomic E-state index is -0.0307. The van der Waals surface area contributed by atoms with Crippen molar-refractivity contribution in [1.29, 1.82) is 0 Å². The molecule has 0 aliphatic heterocycles. The average Bonchev–Trinajstić information content (AvgIpc) is 3.26. The van der Waals surface area contributed by atoms with Gasteiger partial charge in [-0.25, -0.2) is 0 Å². The first-order valence-corrected chi connectivity index (χ1v) is 9.75. The second-order valence-electron chi connectivity index (χ2n) is 7.84. The monoisotopic (exact) mass is 356 g/mol. The molecule has 3 aromatic heterocycles. The van der Waals surface area contributed by atoms with Gasteiger partial charge in [0.05, 0.1) is 12.5 Å². The molecular formula is C21H28N2OS. The number of aromatic nitrogens is 2. The lowest BCUT2D eigenvalue weighted by atomic mass is 9.84. The predicted octanol–water partition coefficient (Wildman–Crippen LogP) is 5.87. The molecule has 0 saturated heterocycles. The van der Waals surface area contributed by atoms with Crippen molar-refractivity contribution in [2.45, 2.75) is 58.3 Å². The first-order valence-electron chi connectivity index (χ1n) is 8.94. The van der Waals surface area contributed by atoms with E-state index in [1.54, 1.807) is 0 Å². The molecule has 4 heteroatoms. The van der Waals surface area contributed by atoms with Crippen molar-refractivity contribution in [3.63, 3.8) is 0 Å². The predicted molar refractivity (Wildman–Crippen MR) is 105 cm³/mol. The van der Waals surface area contributed by atoms with Crippen molar-refractivity contribution in [3.8, 4) is 0 Å². The van der Waals surface area contributed by atoms with Crippen molar-refractivity contribution in [3.05, 3.63) is 63.5 Å². The molecule has 0 aliphatic carbocycles. The maximum absolute atomic E-state index is 5.76. The summed E-state index contributed by atoms with van der Waals surface area (Å²) >= 11 is 1.91. The maximum atomic E-state index is 5.76. The number of hydrogen-bond donors (Lipinski definition) is 0. The van der Waals surface area contributed by atoms with Crippen molar-refractivity contribution in [2.75, 3.05) is 0 Å². The van der Waals surface area contributed by atoms with Gasteiger partial charge in [-0.1, -0.05) is 34.6 Å². The van der Waals surface area contributed by atoms with Crippen LogP contribution in [0, 0.1) is 0 Å². The van der Waals surface area contributed by atoms with Crippen molar-refractivity contribution >= 4 is 11.3 Å². The molecule has 1 atom stereocenters. The summed E-state index contributed by atoms with van der Waals surface area (Å²) in [7, 11) is 1.97. The Hall–Kier alpha value is -1.81. The molecule has 134 valence electrons. The van der Waals surface area contributed by atoms with Gasteiger partial charge < -0.3 is 4.42 Å². The SMILES string of the molecule is CC(C)c1cc(C(C)(C)c2ccc(CC(C)c3cnn(C)c3)s2)co1. The zero-order valence-corrected chi connectivity index (χ0v) is 16.9. The standard InChI is InChI=1S/C21H28N2OS/c1-14(2)19-10-17(13-24-19)21(4,5)20-8-7-18(25-20)9-15(3)16-11-22-23(6)12-16/h7-8,10-15H,9H2,1-6H3. The second-order valence-corrected chi connectivity index (χ2v) is 9.00. The Morgan fingerprint density at radius 3 is 2.60 bits per heavy atom. The largest absolute Gasteiger partial charge is 0.469 e. The second kappa shape index (κ2) is 6.83. The Bertz CT molecular complexity index is 838. The third-order valence-corrected chi connectivity index (χ3v) is 6.42. The van der Waals surface area contributed by atoms with Crippen LogP contribution in [0.25, 0.3) is 0 Å². The Labute approximate surface area is 154 Å². The molecule has 1 unspecified atom stereocenters. The first kappa shape index (κ1) is 18.0. The van der Waals surface area contributed by atoms with E-state index in [0.717, 1.165) is 12.2 Å². The summed E-state index contributed by atoms with van der Waals surface area (Å²) in [5.74, 6) is 1.96. The molecule has 3 aromatic rings. The summed E-state index contributed by atoms with van der Waals surface area (Å²) in [6.45, 7) is 11.2. The molecule has 0 aromatic carbocycles. The van der Waals surface area contributed by atoms with Gasteiger partial charge in [-0.05, 0) is 36.1 Å². The van der Waals surface area contributed by atoms with Gasteiger partial charge in [-0.15, -0.1) is 11.3 Å². The summed E-state index contributed by atoms with van der Waals surface area (Å²) in [6, 6.07) is 6.76. The smallest absolute Gasteiger partial charge is 0.106 e. The molecule has 25 heavy (non-hydrogen) atoms. The van der Waals surface area contributed by atoms with Gasteiger partial charge in [0.1, 0.15) is 5.76 Å². The Balaban J connectivity index is 1.77. The van der Waals surface area contributed by atoms with Crippen molar-refractivity contribution in [2.24, 2.45) is 7.05 Å². The number of nitrogens with zero attached hydrogens (tertiary/aromatic N) is 2. The molecule has 0 spiro atoms. The summed E-state index contributed by atoms with van der Waals surface area (Å²) in [5.41, 5.74) is 2.52. The molecule has 3 nitrogen and oxygen atoms in total. The lowest BCUT2D eigenvalue weighted by Crippen LogP contribution is -2.16. The van der Waals surface area contributed by atoms with Crippen LogP contribution in [-0.4, -0.2) is 9.78 Å². The molecule has 0 bridgehead atoms. The van der Waals surface area contributed by atoms with Crippen LogP contribution in [0.2, 0.25) is 0 Å². The molecule has 0 aliphatic rings. The fraction of sp³-hybridized carbons (Fsp3) is 0.476. The van der Waals surface area contributed by atoms with Crippen LogP contribution in [0.4, 0.5) is 0 Å². The van der Waals surface area contributed by atoms with Gasteiger partial charge in [0, 0.05) is 39.9 Å². The first-order chi connectivity index (χ1) is 11.8. The molecule has 0 saturated carbocycles. The number of thiophene rings is 1. The normalized spacial score (nSPS) is 13.6. The number of furan rings is 1. The molecule has 0 N–H and O–H groups in total. The van der Waals surface area contributed by atoms with E-state index in [1.165, 1.54) is 20.9 Å². The summed E-state index contributed by atoms with van der Waals surface area (Å²) in [5, 5.41) is 4.29. The van der Waals surface area contributed by atoms with Gasteiger partial charge in [0.25, 0.3) is 0 Å². The lowest BCUT2D eigenvalue weighted by molar-refractivity contribution is 0.482. The number of aryl methyl sites for hydroxylation is 1. The van der Waals surface area contributed by atoms with E-state index in [2.05, 4.69) is 64.1 Å². The Morgan fingerprint density at radius 1 is 1.24 bits per heavy atom. The van der Waals surface area contributed by atoms with Gasteiger partial charge in [0.15, 0.2) is 0 Å². The highest BCUT2D eigenvalue weighted by atomic mass is 32.1. The number of hydrogen-bond acceptors (Lipinski definition) is 3. The minimum absolute atomic E-state index is 0.0307. The van der Waals surface area contributed by atoms with E-state index in [9.17, 15) is 0 Å². The van der Waals surface area contributed by atoms with Crippen LogP contribution in [0.5, 0.6) is 0 Å². The zero-order chi connectivity index (χ0) is 18.2. The van der Waals surface area contributed by atoms with Gasteiger partial charge in [-0.2, -0.15) is 5.10 Å². The van der Waals surface area contributed by atoms with Gasteiger partial charge in [0.2, 0.25) is 0 Å². The van der Waals surface area contributed by atoms with Crippen LogP contribution in [0.3, 0.4) is 0 Å². The molecule has 0 fully saturated rings. The quantitative estimate of drug-likeness (QED) is 0.553.